The van der Waals surface area contributed by atoms with Gasteiger partial charge in [-0.05, 0) is 32.0 Å². The number of pyridine rings is 2. The van der Waals surface area contributed by atoms with Gasteiger partial charge in [0.25, 0.3) is 10.1 Å². The molecule has 14 nitrogen and oxygen atoms in total. The number of amides is 1. The van der Waals surface area contributed by atoms with Crippen molar-refractivity contribution in [1.82, 2.24) is 24.4 Å². The summed E-state index contributed by atoms with van der Waals surface area (Å²) >= 11 is 0. The summed E-state index contributed by atoms with van der Waals surface area (Å²) in [4.78, 5) is 37.5. The molecule has 3 aromatic heterocycles. The number of anilines is 1. The molecule has 3 aromatic rings. The Hall–Kier alpha value is -3.82. The van der Waals surface area contributed by atoms with Crippen LogP contribution >= 0.6 is 0 Å². The van der Waals surface area contributed by atoms with Gasteiger partial charge in [0.15, 0.2) is 5.65 Å². The van der Waals surface area contributed by atoms with Crippen molar-refractivity contribution in [2.45, 2.75) is 45.0 Å². The van der Waals surface area contributed by atoms with Gasteiger partial charge in [-0.15, -0.1) is 0 Å². The molecule has 39 heavy (non-hydrogen) atoms. The van der Waals surface area contributed by atoms with E-state index in [-0.39, 0.29) is 26.1 Å². The Morgan fingerprint density at radius 2 is 2.00 bits per heavy atom. The zero-order valence-electron chi connectivity index (χ0n) is 21.6. The number of ether oxygens (including phenoxy) is 1. The second-order valence-corrected chi connectivity index (χ2v) is 10.8. The molecule has 1 aliphatic rings. The largest absolute Gasteiger partial charge is 0.480 e. The van der Waals surface area contributed by atoms with Gasteiger partial charge >= 0.3 is 12.1 Å². The number of aromatic nitrogens is 4. The molecule has 0 aromatic carbocycles. The monoisotopic (exact) mass is 562 g/mol. The van der Waals surface area contributed by atoms with Crippen LogP contribution in [0.5, 0.6) is 0 Å². The smallest absolute Gasteiger partial charge is 0.408 e. The fourth-order valence-corrected chi connectivity index (χ4v) is 5.05. The number of imidazole rings is 1. The van der Waals surface area contributed by atoms with E-state index in [1.807, 2.05) is 11.5 Å². The minimum atomic E-state index is -3.65. The molecule has 3 N–H and O–H groups in total. The number of carboxylic acid groups (broad SMARTS) is 2. The highest BCUT2D eigenvalue weighted by molar-refractivity contribution is 7.85. The number of aryl methyl sites for hydroxylation is 1. The van der Waals surface area contributed by atoms with Crippen LogP contribution in [0.2, 0.25) is 0 Å². The van der Waals surface area contributed by atoms with Crippen molar-refractivity contribution < 1.29 is 37.1 Å². The average molecular weight is 563 g/mol. The molecule has 210 valence electrons. The maximum Gasteiger partial charge on any atom is 0.408 e. The Bertz CT molecular complexity index is 1450. The van der Waals surface area contributed by atoms with Gasteiger partial charge in [-0.25, -0.2) is 24.5 Å². The topological polar surface area (TPSA) is 186 Å². The normalized spacial score (nSPS) is 18.4. The summed E-state index contributed by atoms with van der Waals surface area (Å²) in [6, 6.07) is 5.53. The van der Waals surface area contributed by atoms with E-state index in [0.717, 1.165) is 11.2 Å². The molecule has 4 heterocycles. The van der Waals surface area contributed by atoms with E-state index < -0.39 is 40.4 Å². The minimum Gasteiger partial charge on any atom is -0.480 e. The molecule has 0 spiro atoms. The number of carboxylic acids is 1. The number of nitrogens with one attached hydrogen (secondary N) is 1. The second kappa shape index (κ2) is 11.5. The van der Waals surface area contributed by atoms with Gasteiger partial charge in [0.1, 0.15) is 23.8 Å². The predicted molar refractivity (Wildman–Crippen MR) is 140 cm³/mol. The van der Waals surface area contributed by atoms with Crippen LogP contribution in [0.15, 0.2) is 30.5 Å². The van der Waals surface area contributed by atoms with Crippen molar-refractivity contribution in [3.05, 3.63) is 36.3 Å². The summed E-state index contributed by atoms with van der Waals surface area (Å²) in [5.74, 6) is -0.100. The number of carbonyl (C=O) groups is 2. The summed E-state index contributed by atoms with van der Waals surface area (Å²) in [7, 11) is -3.65. The quantitative estimate of drug-likeness (QED) is 0.288. The van der Waals surface area contributed by atoms with Gasteiger partial charge in [0.05, 0.1) is 30.6 Å². The Balaban J connectivity index is 1.63. The second-order valence-electron chi connectivity index (χ2n) is 9.14. The number of hydrogen-bond acceptors (Lipinski definition) is 10. The number of likely N-dealkylation sites (tertiary alicyclic amines) is 1. The van der Waals surface area contributed by atoms with E-state index in [2.05, 4.69) is 15.3 Å². The van der Waals surface area contributed by atoms with Crippen molar-refractivity contribution in [1.29, 1.82) is 0 Å². The maximum absolute atomic E-state index is 11.5. The molecule has 1 unspecified atom stereocenters. The van der Waals surface area contributed by atoms with Crippen LogP contribution in [0.1, 0.15) is 19.2 Å². The molecule has 1 fully saturated rings. The van der Waals surface area contributed by atoms with Crippen molar-refractivity contribution in [3.63, 3.8) is 0 Å². The molecular formula is C24H30N6O8S. The molecule has 1 saturated heterocycles. The van der Waals surface area contributed by atoms with E-state index >= 15 is 0 Å². The van der Waals surface area contributed by atoms with Crippen LogP contribution in [0.3, 0.4) is 0 Å². The van der Waals surface area contributed by atoms with Gasteiger partial charge in [-0.3, -0.25) is 9.08 Å². The molecule has 0 aliphatic carbocycles. The van der Waals surface area contributed by atoms with Gasteiger partial charge < -0.3 is 24.8 Å². The molecule has 1 amide bonds. The number of rotatable bonds is 11. The summed E-state index contributed by atoms with van der Waals surface area (Å²) < 4.78 is 35.7. The molecular weight excluding hydrogens is 532 g/mol. The fraction of sp³-hybridized carbons (Fsp3) is 0.458. The molecule has 4 rings (SSSR count). The first-order valence-corrected chi connectivity index (χ1v) is 14.0. The number of fused-ring (bicyclic) bond motifs is 1. The van der Waals surface area contributed by atoms with Crippen LogP contribution < -0.4 is 5.32 Å². The van der Waals surface area contributed by atoms with Crippen LogP contribution in [-0.2, 0) is 30.4 Å². The third kappa shape index (κ3) is 6.61. The first kappa shape index (κ1) is 28.2. The van der Waals surface area contributed by atoms with E-state index in [1.165, 1.54) is 0 Å². The lowest BCUT2D eigenvalue weighted by atomic mass is 10.1. The first-order valence-electron chi connectivity index (χ1n) is 12.2. The number of hydrogen-bond donors (Lipinski definition) is 3. The number of aliphatic carboxylic acids is 1. The van der Waals surface area contributed by atoms with Crippen molar-refractivity contribution in [2.75, 3.05) is 31.3 Å². The summed E-state index contributed by atoms with van der Waals surface area (Å²) in [6.07, 6.45) is 0.838. The van der Waals surface area contributed by atoms with Gasteiger partial charge in [0, 0.05) is 37.4 Å². The lowest BCUT2D eigenvalue weighted by Crippen LogP contribution is -2.39. The third-order valence-corrected chi connectivity index (χ3v) is 6.86. The molecule has 3 atom stereocenters. The Kier molecular flexibility index (Phi) is 8.32. The van der Waals surface area contributed by atoms with Gasteiger partial charge in [-0.2, -0.15) is 8.42 Å². The van der Waals surface area contributed by atoms with E-state index in [1.54, 1.807) is 37.4 Å². The zero-order chi connectivity index (χ0) is 28.3. The SMILES string of the molecule is CCOC(COS(C)(=O)=O)Cn1c(C)nc2nccc(-c3cccc(N[C@H]4C[C@@H](C(=O)O)N(C(=O)O)C4)n3)c21. The maximum atomic E-state index is 11.5. The average Bonchev–Trinajstić information content (AvgIpc) is 3.43. The van der Waals surface area contributed by atoms with Gasteiger partial charge in [0.2, 0.25) is 0 Å². The van der Waals surface area contributed by atoms with Crippen LogP contribution in [0, 0.1) is 6.92 Å². The summed E-state index contributed by atoms with van der Waals surface area (Å²) in [5, 5.41) is 21.9. The molecule has 0 radical (unpaired) electrons. The first-order chi connectivity index (χ1) is 18.5. The minimum absolute atomic E-state index is 0.0119. The lowest BCUT2D eigenvalue weighted by Gasteiger charge is -2.19. The molecule has 15 heteroatoms. The lowest BCUT2D eigenvalue weighted by molar-refractivity contribution is -0.141. The Morgan fingerprint density at radius 1 is 1.23 bits per heavy atom. The molecule has 0 saturated carbocycles. The summed E-state index contributed by atoms with van der Waals surface area (Å²) in [6.45, 7) is 4.08. The van der Waals surface area contributed by atoms with E-state index in [4.69, 9.17) is 13.9 Å². The van der Waals surface area contributed by atoms with Gasteiger partial charge in [-0.1, -0.05) is 6.07 Å². The Morgan fingerprint density at radius 3 is 2.64 bits per heavy atom. The zero-order valence-corrected chi connectivity index (χ0v) is 22.5. The summed E-state index contributed by atoms with van der Waals surface area (Å²) in [5.41, 5.74) is 2.44. The highest BCUT2D eigenvalue weighted by Crippen LogP contribution is 2.29. The number of nitrogens with zero attached hydrogens (tertiary/aromatic N) is 5. The van der Waals surface area contributed by atoms with Crippen molar-refractivity contribution >= 4 is 39.2 Å². The van der Waals surface area contributed by atoms with E-state index in [0.29, 0.717) is 40.7 Å². The third-order valence-electron chi connectivity index (χ3n) is 6.30. The standard InChI is InChI=1S/C24H30N6O8S/c1-4-37-16(13-38-39(3,35)36)12-29-14(2)26-22-21(29)17(8-9-25-22)18-6-5-7-20(28-18)27-15-10-19(23(31)32)30(11-15)24(33)34/h5-9,15-16,19H,4,10-13H2,1-3H3,(H,27,28)(H,31,32)(H,33,34)/t15-,16?,19-/m0/s1. The molecule has 0 bridgehead atoms. The van der Waals surface area contributed by atoms with Crippen LogP contribution in [0.4, 0.5) is 10.6 Å². The fourth-order valence-electron chi connectivity index (χ4n) is 4.65. The van der Waals surface area contributed by atoms with Crippen LogP contribution in [0.25, 0.3) is 22.4 Å². The van der Waals surface area contributed by atoms with E-state index in [9.17, 15) is 28.2 Å². The highest BCUT2D eigenvalue weighted by atomic mass is 32.2. The van der Waals surface area contributed by atoms with Crippen LogP contribution in [-0.4, -0.2) is 99.3 Å². The van der Waals surface area contributed by atoms with Crippen molar-refractivity contribution in [3.8, 4) is 11.3 Å². The highest BCUT2D eigenvalue weighted by Gasteiger charge is 2.40. The van der Waals surface area contributed by atoms with Crippen molar-refractivity contribution in [2.24, 2.45) is 0 Å². The molecule has 1 aliphatic heterocycles. The Labute approximate surface area is 224 Å². The predicted octanol–water partition coefficient (Wildman–Crippen LogP) is 1.80.